The van der Waals surface area contributed by atoms with Crippen molar-refractivity contribution < 1.29 is 4.79 Å². The zero-order valence-electron chi connectivity index (χ0n) is 11.2. The van der Waals surface area contributed by atoms with Gasteiger partial charge in [-0.25, -0.2) is 0 Å². The molecule has 1 atom stereocenters. The van der Waals surface area contributed by atoms with Gasteiger partial charge in [0.2, 0.25) is 5.91 Å². The van der Waals surface area contributed by atoms with Gasteiger partial charge in [-0.1, -0.05) is 24.3 Å². The molecule has 1 unspecified atom stereocenters. The normalized spacial score (nSPS) is 18.5. The first-order chi connectivity index (χ1) is 8.65. The molecule has 3 nitrogen and oxygen atoms in total. The van der Waals surface area contributed by atoms with E-state index in [0.717, 1.165) is 19.4 Å². The van der Waals surface area contributed by atoms with Gasteiger partial charge >= 0.3 is 0 Å². The van der Waals surface area contributed by atoms with Crippen molar-refractivity contribution in [3.8, 4) is 0 Å². The average molecular weight is 246 g/mol. The maximum Gasteiger partial charge on any atom is 0.220 e. The third kappa shape index (κ3) is 3.57. The molecule has 1 heterocycles. The molecule has 2 rings (SSSR count). The van der Waals surface area contributed by atoms with Crippen LogP contribution in [-0.2, 0) is 17.8 Å². The molecular formula is C15H22N2O. The van der Waals surface area contributed by atoms with Crippen LogP contribution >= 0.6 is 0 Å². The maximum absolute atomic E-state index is 11.6. The van der Waals surface area contributed by atoms with E-state index in [1.165, 1.54) is 11.1 Å². The summed E-state index contributed by atoms with van der Waals surface area (Å²) in [7, 11) is 0. The van der Waals surface area contributed by atoms with Crippen LogP contribution in [0, 0.1) is 0 Å². The second kappa shape index (κ2) is 6.01. The fourth-order valence-electron chi connectivity index (χ4n) is 2.42. The minimum absolute atomic E-state index is 0.158. The van der Waals surface area contributed by atoms with Crippen molar-refractivity contribution in [3.05, 3.63) is 35.4 Å². The highest BCUT2D eigenvalue weighted by molar-refractivity contribution is 5.76. The lowest BCUT2D eigenvalue weighted by molar-refractivity contribution is -0.121. The molecule has 1 aromatic carbocycles. The van der Waals surface area contributed by atoms with Crippen LogP contribution in [-0.4, -0.2) is 18.0 Å². The van der Waals surface area contributed by atoms with Crippen LogP contribution in [0.2, 0.25) is 0 Å². The molecule has 0 spiro atoms. The van der Waals surface area contributed by atoms with Gasteiger partial charge < -0.3 is 10.6 Å². The lowest BCUT2D eigenvalue weighted by Gasteiger charge is -2.26. The van der Waals surface area contributed by atoms with Crippen LogP contribution in [0.5, 0.6) is 0 Å². The number of benzene rings is 1. The zero-order chi connectivity index (χ0) is 13.0. The predicted molar refractivity (Wildman–Crippen MR) is 73.3 cm³/mol. The van der Waals surface area contributed by atoms with Crippen LogP contribution in [0.15, 0.2) is 24.3 Å². The van der Waals surface area contributed by atoms with Gasteiger partial charge in [-0.15, -0.1) is 0 Å². The van der Waals surface area contributed by atoms with Crippen molar-refractivity contribution in [2.45, 2.75) is 51.7 Å². The quantitative estimate of drug-likeness (QED) is 0.853. The second-order valence-electron chi connectivity index (χ2n) is 5.31. The molecule has 18 heavy (non-hydrogen) atoms. The number of carbonyl (C=O) groups excluding carboxylic acids is 1. The summed E-state index contributed by atoms with van der Waals surface area (Å²) in [6.45, 7) is 4.91. The molecule has 3 heteroatoms. The van der Waals surface area contributed by atoms with E-state index in [9.17, 15) is 4.79 Å². The summed E-state index contributed by atoms with van der Waals surface area (Å²) in [6.07, 6.45) is 2.55. The van der Waals surface area contributed by atoms with E-state index in [1.807, 2.05) is 13.8 Å². The SMILES string of the molecule is CC(C)NC(=O)CCC1Cc2ccccc2CN1. The van der Waals surface area contributed by atoms with Gasteiger partial charge in [-0.2, -0.15) is 0 Å². The number of rotatable bonds is 4. The highest BCUT2D eigenvalue weighted by atomic mass is 16.1. The number of fused-ring (bicyclic) bond motifs is 1. The lowest BCUT2D eigenvalue weighted by Crippen LogP contribution is -2.37. The molecule has 0 aliphatic carbocycles. The van der Waals surface area contributed by atoms with Gasteiger partial charge in [0.05, 0.1) is 0 Å². The molecule has 0 aromatic heterocycles. The topological polar surface area (TPSA) is 41.1 Å². The smallest absolute Gasteiger partial charge is 0.220 e. The zero-order valence-corrected chi connectivity index (χ0v) is 11.2. The number of amides is 1. The average Bonchev–Trinajstić information content (AvgIpc) is 2.35. The Hall–Kier alpha value is -1.35. The lowest BCUT2D eigenvalue weighted by atomic mass is 9.93. The summed E-state index contributed by atoms with van der Waals surface area (Å²) in [5, 5.41) is 6.44. The van der Waals surface area contributed by atoms with E-state index in [-0.39, 0.29) is 11.9 Å². The molecule has 0 radical (unpaired) electrons. The first-order valence-electron chi connectivity index (χ1n) is 6.74. The van der Waals surface area contributed by atoms with Crippen LogP contribution < -0.4 is 10.6 Å². The van der Waals surface area contributed by atoms with Gasteiger partial charge in [0.25, 0.3) is 0 Å². The fourth-order valence-corrected chi connectivity index (χ4v) is 2.42. The van der Waals surface area contributed by atoms with E-state index in [2.05, 4.69) is 34.9 Å². The second-order valence-corrected chi connectivity index (χ2v) is 5.31. The number of hydrogen-bond donors (Lipinski definition) is 2. The maximum atomic E-state index is 11.6. The van der Waals surface area contributed by atoms with Gasteiger partial charge in [-0.3, -0.25) is 4.79 Å². The molecule has 1 aliphatic rings. The van der Waals surface area contributed by atoms with E-state index in [0.29, 0.717) is 12.5 Å². The Balaban J connectivity index is 1.81. The summed E-state index contributed by atoms with van der Waals surface area (Å²) in [4.78, 5) is 11.6. The molecule has 98 valence electrons. The molecule has 0 saturated heterocycles. The molecule has 1 aromatic rings. The van der Waals surface area contributed by atoms with Gasteiger partial charge in [-0.05, 0) is 37.8 Å². The first-order valence-corrected chi connectivity index (χ1v) is 6.74. The van der Waals surface area contributed by atoms with Crippen molar-refractivity contribution in [2.75, 3.05) is 0 Å². The Morgan fingerprint density at radius 2 is 2.11 bits per heavy atom. The fraction of sp³-hybridized carbons (Fsp3) is 0.533. The third-order valence-electron chi connectivity index (χ3n) is 3.34. The highest BCUT2D eigenvalue weighted by Crippen LogP contribution is 2.18. The largest absolute Gasteiger partial charge is 0.354 e. The van der Waals surface area contributed by atoms with E-state index >= 15 is 0 Å². The molecular weight excluding hydrogens is 224 g/mol. The Morgan fingerprint density at radius 1 is 1.39 bits per heavy atom. The van der Waals surface area contributed by atoms with E-state index < -0.39 is 0 Å². The highest BCUT2D eigenvalue weighted by Gasteiger charge is 2.18. The first kappa shape index (κ1) is 13.1. The van der Waals surface area contributed by atoms with Crippen LogP contribution in [0.25, 0.3) is 0 Å². The number of carbonyl (C=O) groups is 1. The molecule has 0 bridgehead atoms. The predicted octanol–water partition coefficient (Wildman–Crippen LogP) is 2.01. The monoisotopic (exact) mass is 246 g/mol. The number of hydrogen-bond acceptors (Lipinski definition) is 2. The summed E-state index contributed by atoms with van der Waals surface area (Å²) in [5.74, 6) is 0.158. The summed E-state index contributed by atoms with van der Waals surface area (Å²) in [5.41, 5.74) is 2.81. The summed E-state index contributed by atoms with van der Waals surface area (Å²) >= 11 is 0. The standard InChI is InChI=1S/C15H22N2O/c1-11(2)17-15(18)8-7-14-9-12-5-3-4-6-13(12)10-16-14/h3-6,11,14,16H,7-10H2,1-2H3,(H,17,18). The minimum Gasteiger partial charge on any atom is -0.354 e. The van der Waals surface area contributed by atoms with Crippen molar-refractivity contribution in [1.29, 1.82) is 0 Å². The van der Waals surface area contributed by atoms with Gasteiger partial charge in [0.15, 0.2) is 0 Å². The van der Waals surface area contributed by atoms with Crippen molar-refractivity contribution in [2.24, 2.45) is 0 Å². The Kier molecular flexibility index (Phi) is 4.37. The minimum atomic E-state index is 0.158. The Labute approximate surface area is 109 Å². The number of nitrogens with one attached hydrogen (secondary N) is 2. The van der Waals surface area contributed by atoms with Crippen LogP contribution in [0.3, 0.4) is 0 Å². The van der Waals surface area contributed by atoms with Crippen LogP contribution in [0.4, 0.5) is 0 Å². The Morgan fingerprint density at radius 3 is 2.83 bits per heavy atom. The third-order valence-corrected chi connectivity index (χ3v) is 3.34. The van der Waals surface area contributed by atoms with Crippen molar-refractivity contribution >= 4 is 5.91 Å². The molecule has 0 saturated carbocycles. The summed E-state index contributed by atoms with van der Waals surface area (Å²) < 4.78 is 0. The molecule has 2 N–H and O–H groups in total. The van der Waals surface area contributed by atoms with E-state index in [1.54, 1.807) is 0 Å². The van der Waals surface area contributed by atoms with Gasteiger partial charge in [0.1, 0.15) is 0 Å². The van der Waals surface area contributed by atoms with Crippen molar-refractivity contribution in [1.82, 2.24) is 10.6 Å². The van der Waals surface area contributed by atoms with E-state index in [4.69, 9.17) is 0 Å². The summed E-state index contributed by atoms with van der Waals surface area (Å²) in [6, 6.07) is 9.20. The van der Waals surface area contributed by atoms with Crippen molar-refractivity contribution in [3.63, 3.8) is 0 Å². The Bertz CT molecular complexity index is 415. The van der Waals surface area contributed by atoms with Gasteiger partial charge in [0, 0.05) is 25.0 Å². The molecule has 1 aliphatic heterocycles. The molecule has 0 fully saturated rings. The molecule has 1 amide bonds. The van der Waals surface area contributed by atoms with Crippen LogP contribution in [0.1, 0.15) is 37.8 Å².